The van der Waals surface area contributed by atoms with Crippen LogP contribution >= 0.6 is 0 Å². The number of rotatable bonds is 5. The number of ether oxygens (including phenoxy) is 1. The highest BCUT2D eigenvalue weighted by Crippen LogP contribution is 2.08. The van der Waals surface area contributed by atoms with Gasteiger partial charge < -0.3 is 20.5 Å². The number of carbonyl (C=O) groups excluding carboxylic acids is 2. The Hall–Kier alpha value is -1.79. The second-order valence-corrected chi connectivity index (χ2v) is 5.48. The van der Waals surface area contributed by atoms with Gasteiger partial charge in [0.25, 0.3) is 0 Å². The van der Waals surface area contributed by atoms with Crippen LogP contribution in [0.25, 0.3) is 0 Å². The SMILES string of the molecule is CC(C)C(NC(=O)OC(C)(C)C)C(=O)NCC(=O)O. The summed E-state index contributed by atoms with van der Waals surface area (Å²) in [5, 5.41) is 13.1. The first kappa shape index (κ1) is 17.2. The molecule has 0 radical (unpaired) electrons. The van der Waals surface area contributed by atoms with Crippen LogP contribution in [0.4, 0.5) is 4.79 Å². The molecule has 0 saturated carbocycles. The summed E-state index contributed by atoms with van der Waals surface area (Å²) < 4.78 is 5.05. The molecule has 2 amide bonds. The number of alkyl carbamates (subject to hydrolysis) is 1. The van der Waals surface area contributed by atoms with Crippen LogP contribution in [0.15, 0.2) is 0 Å². The van der Waals surface area contributed by atoms with Gasteiger partial charge in [0.1, 0.15) is 18.2 Å². The van der Waals surface area contributed by atoms with E-state index >= 15 is 0 Å². The van der Waals surface area contributed by atoms with Gasteiger partial charge in [0.2, 0.25) is 5.91 Å². The van der Waals surface area contributed by atoms with Crippen LogP contribution in [-0.4, -0.2) is 41.3 Å². The molecule has 0 fully saturated rings. The van der Waals surface area contributed by atoms with Crippen molar-refractivity contribution in [3.63, 3.8) is 0 Å². The number of carboxylic acid groups (broad SMARTS) is 1. The minimum absolute atomic E-state index is 0.193. The number of hydrogen-bond donors (Lipinski definition) is 3. The molecule has 0 aliphatic carbocycles. The van der Waals surface area contributed by atoms with Crippen molar-refractivity contribution < 1.29 is 24.2 Å². The van der Waals surface area contributed by atoms with Gasteiger partial charge in [-0.2, -0.15) is 0 Å². The second kappa shape index (κ2) is 6.96. The first-order valence-corrected chi connectivity index (χ1v) is 6.02. The van der Waals surface area contributed by atoms with Gasteiger partial charge in [0.15, 0.2) is 0 Å². The Balaban J connectivity index is 4.53. The maximum atomic E-state index is 11.7. The van der Waals surface area contributed by atoms with Crippen LogP contribution in [0.3, 0.4) is 0 Å². The normalized spacial score (nSPS) is 12.7. The van der Waals surface area contributed by atoms with Crippen LogP contribution in [0.1, 0.15) is 34.6 Å². The van der Waals surface area contributed by atoms with Gasteiger partial charge >= 0.3 is 12.1 Å². The smallest absolute Gasteiger partial charge is 0.408 e. The summed E-state index contributed by atoms with van der Waals surface area (Å²) in [7, 11) is 0. The summed E-state index contributed by atoms with van der Waals surface area (Å²) in [6, 6.07) is -0.839. The van der Waals surface area contributed by atoms with Crippen molar-refractivity contribution >= 4 is 18.0 Å². The van der Waals surface area contributed by atoms with E-state index in [4.69, 9.17) is 9.84 Å². The molecule has 0 aromatic carbocycles. The molecule has 0 bridgehead atoms. The average molecular weight is 274 g/mol. The summed E-state index contributed by atoms with van der Waals surface area (Å²) in [5.41, 5.74) is -0.664. The lowest BCUT2D eigenvalue weighted by Crippen LogP contribution is -2.51. The molecule has 0 aromatic heterocycles. The van der Waals surface area contributed by atoms with E-state index in [0.717, 1.165) is 0 Å². The largest absolute Gasteiger partial charge is 0.480 e. The van der Waals surface area contributed by atoms with Crippen molar-refractivity contribution in [2.75, 3.05) is 6.54 Å². The van der Waals surface area contributed by atoms with E-state index < -0.39 is 36.2 Å². The molecule has 1 unspecified atom stereocenters. The quantitative estimate of drug-likeness (QED) is 0.685. The lowest BCUT2D eigenvalue weighted by atomic mass is 10.0. The molecule has 0 aliphatic heterocycles. The first-order chi connectivity index (χ1) is 8.53. The van der Waals surface area contributed by atoms with Gasteiger partial charge in [-0.15, -0.1) is 0 Å². The zero-order chi connectivity index (χ0) is 15.2. The van der Waals surface area contributed by atoms with Crippen LogP contribution in [0, 0.1) is 5.92 Å². The van der Waals surface area contributed by atoms with E-state index in [9.17, 15) is 14.4 Å². The Bertz CT molecular complexity index is 347. The molecular weight excluding hydrogens is 252 g/mol. The fourth-order valence-electron chi connectivity index (χ4n) is 1.24. The third kappa shape index (κ3) is 8.01. The molecule has 7 heteroatoms. The minimum atomic E-state index is -1.15. The summed E-state index contributed by atoms with van der Waals surface area (Å²) >= 11 is 0. The van der Waals surface area contributed by atoms with Gasteiger partial charge in [0, 0.05) is 0 Å². The standard InChI is InChI=1S/C12H22N2O5/c1-7(2)9(10(17)13-6-8(15)16)14-11(18)19-12(3,4)5/h7,9H,6H2,1-5H3,(H,13,17)(H,14,18)(H,15,16). The molecule has 19 heavy (non-hydrogen) atoms. The van der Waals surface area contributed by atoms with Crippen molar-refractivity contribution in [1.29, 1.82) is 0 Å². The average Bonchev–Trinajstić information content (AvgIpc) is 2.19. The van der Waals surface area contributed by atoms with Crippen molar-refractivity contribution in [3.05, 3.63) is 0 Å². The highest BCUT2D eigenvalue weighted by Gasteiger charge is 2.26. The van der Waals surface area contributed by atoms with Crippen LogP contribution in [0.5, 0.6) is 0 Å². The van der Waals surface area contributed by atoms with Crippen molar-refractivity contribution in [1.82, 2.24) is 10.6 Å². The Morgan fingerprint density at radius 1 is 1.21 bits per heavy atom. The lowest BCUT2D eigenvalue weighted by Gasteiger charge is -2.24. The monoisotopic (exact) mass is 274 g/mol. The van der Waals surface area contributed by atoms with Crippen molar-refractivity contribution in [2.24, 2.45) is 5.92 Å². The number of carboxylic acids is 1. The molecule has 0 saturated heterocycles. The fraction of sp³-hybridized carbons (Fsp3) is 0.750. The summed E-state index contributed by atoms with van der Waals surface area (Å²) in [4.78, 5) is 33.7. The fourth-order valence-corrected chi connectivity index (χ4v) is 1.24. The lowest BCUT2D eigenvalue weighted by molar-refractivity contribution is -0.138. The second-order valence-electron chi connectivity index (χ2n) is 5.48. The third-order valence-electron chi connectivity index (χ3n) is 2.04. The van der Waals surface area contributed by atoms with Gasteiger partial charge in [0.05, 0.1) is 0 Å². The molecule has 110 valence electrons. The molecule has 0 aliphatic rings. The van der Waals surface area contributed by atoms with Gasteiger partial charge in [-0.05, 0) is 26.7 Å². The van der Waals surface area contributed by atoms with E-state index in [-0.39, 0.29) is 5.92 Å². The highest BCUT2D eigenvalue weighted by molar-refractivity contribution is 5.88. The molecule has 0 rings (SSSR count). The third-order valence-corrected chi connectivity index (χ3v) is 2.04. The molecule has 1 atom stereocenters. The zero-order valence-corrected chi connectivity index (χ0v) is 11.9. The van der Waals surface area contributed by atoms with E-state index in [0.29, 0.717) is 0 Å². The van der Waals surface area contributed by atoms with Gasteiger partial charge in [-0.25, -0.2) is 4.79 Å². The molecular formula is C12H22N2O5. The zero-order valence-electron chi connectivity index (χ0n) is 11.9. The van der Waals surface area contributed by atoms with E-state index in [1.54, 1.807) is 34.6 Å². The predicted molar refractivity (Wildman–Crippen MR) is 68.6 cm³/mol. The summed E-state index contributed by atoms with van der Waals surface area (Å²) in [6.45, 7) is 8.12. The topological polar surface area (TPSA) is 105 Å². The Morgan fingerprint density at radius 3 is 2.11 bits per heavy atom. The minimum Gasteiger partial charge on any atom is -0.480 e. The maximum Gasteiger partial charge on any atom is 0.408 e. The highest BCUT2D eigenvalue weighted by atomic mass is 16.6. The Kier molecular flexibility index (Phi) is 6.31. The summed E-state index contributed by atoms with van der Waals surface area (Å²) in [5.74, 6) is -1.89. The predicted octanol–water partition coefficient (Wildman–Crippen LogP) is 0.737. The molecule has 0 spiro atoms. The van der Waals surface area contributed by atoms with Crippen LogP contribution in [0.2, 0.25) is 0 Å². The number of nitrogens with one attached hydrogen (secondary N) is 2. The van der Waals surface area contributed by atoms with E-state index in [2.05, 4.69) is 10.6 Å². The Morgan fingerprint density at radius 2 is 1.74 bits per heavy atom. The first-order valence-electron chi connectivity index (χ1n) is 6.02. The Labute approximate surface area is 112 Å². The summed E-state index contributed by atoms with van der Waals surface area (Å²) in [6.07, 6.45) is -0.711. The number of amides is 2. The molecule has 7 nitrogen and oxygen atoms in total. The molecule has 0 aromatic rings. The van der Waals surface area contributed by atoms with Gasteiger partial charge in [-0.1, -0.05) is 13.8 Å². The number of aliphatic carboxylic acids is 1. The molecule has 3 N–H and O–H groups in total. The number of hydrogen-bond acceptors (Lipinski definition) is 4. The maximum absolute atomic E-state index is 11.7. The van der Waals surface area contributed by atoms with E-state index in [1.165, 1.54) is 0 Å². The molecule has 0 heterocycles. The van der Waals surface area contributed by atoms with Gasteiger partial charge in [-0.3, -0.25) is 9.59 Å². The van der Waals surface area contributed by atoms with Crippen molar-refractivity contribution in [2.45, 2.75) is 46.3 Å². The van der Waals surface area contributed by atoms with E-state index in [1.807, 2.05) is 0 Å². The van der Waals surface area contributed by atoms with Crippen LogP contribution < -0.4 is 10.6 Å². The van der Waals surface area contributed by atoms with Crippen molar-refractivity contribution in [3.8, 4) is 0 Å². The van der Waals surface area contributed by atoms with Crippen LogP contribution in [-0.2, 0) is 14.3 Å². The number of carbonyl (C=O) groups is 3.